The van der Waals surface area contributed by atoms with Crippen molar-refractivity contribution in [2.45, 2.75) is 124 Å². The van der Waals surface area contributed by atoms with Gasteiger partial charge in [0.25, 0.3) is 0 Å². The standard InChI is InChI=1S/C24H24BNO2.C18H12BrN.C12H24B2O4.C2H4O2.K/c1-23(2)24(3,4)28-25(27-23)17-14-15-22-20(16-17)19-12-8-9-13-21(19)26(22)18-10-6-5-7-11-18;19-13-10-11-18-16(12-13)15-8-4-5-9-17(15)20(18)14-6-2-1-3-7-14;1-9(2)10(3,4)16-13(15-9)14-17-11(5,6)12(7,8)18-14;1-2(3)4;/h5-16H,1-4H3;1-12H;1-8H3;1H3,(H,3,4);/q;;;;+1/p-1. The number of carbonyl (C=O) groups excluding carboxylic acids is 1. The van der Waals surface area contributed by atoms with Crippen LogP contribution in [0.4, 0.5) is 0 Å². The summed E-state index contributed by atoms with van der Waals surface area (Å²) in [5.41, 5.74) is 6.16. The van der Waals surface area contributed by atoms with Crippen LogP contribution in [0.5, 0.6) is 0 Å². The van der Waals surface area contributed by atoms with Crippen LogP contribution in [-0.4, -0.2) is 69.8 Å². The van der Waals surface area contributed by atoms with E-state index in [1.165, 1.54) is 49.3 Å². The molecule has 3 aliphatic heterocycles. The largest absolute Gasteiger partial charge is 1.00 e. The summed E-state index contributed by atoms with van der Waals surface area (Å²) >= 11 is 3.57. The molecule has 6 aromatic carbocycles. The third-order valence-electron chi connectivity index (χ3n) is 14.7. The number of carboxylic acids is 1. The Morgan fingerprint density at radius 3 is 1.14 bits per heavy atom. The van der Waals surface area contributed by atoms with Gasteiger partial charge < -0.3 is 47.0 Å². The van der Waals surface area contributed by atoms with Crippen molar-refractivity contribution in [2.24, 2.45) is 0 Å². The molecule has 3 saturated heterocycles. The number of benzene rings is 6. The second-order valence-electron chi connectivity index (χ2n) is 21.1. The monoisotopic (exact) mass is 1040 g/mol. The first kappa shape index (κ1) is 55.2. The predicted octanol–water partition coefficient (Wildman–Crippen LogP) is 8.64. The maximum absolute atomic E-state index is 8.89. The summed E-state index contributed by atoms with van der Waals surface area (Å²) in [6, 6.07) is 51.1. The van der Waals surface area contributed by atoms with Crippen LogP contribution in [0.15, 0.2) is 150 Å². The molecule has 8 aromatic rings. The molecule has 0 saturated carbocycles. The van der Waals surface area contributed by atoms with Crippen LogP contribution in [-0.2, 0) is 32.7 Å². The predicted molar refractivity (Wildman–Crippen MR) is 288 cm³/mol. The van der Waals surface area contributed by atoms with Gasteiger partial charge in [-0.2, -0.15) is 0 Å². The summed E-state index contributed by atoms with van der Waals surface area (Å²) in [5, 5.41) is 13.9. The number of hydrogen-bond acceptors (Lipinski definition) is 8. The number of aliphatic carboxylic acids is 1. The average Bonchev–Trinajstić information content (AvgIpc) is 4.00. The van der Waals surface area contributed by atoms with E-state index in [9.17, 15) is 0 Å². The molecule has 0 aliphatic carbocycles. The van der Waals surface area contributed by atoms with Gasteiger partial charge in [0.15, 0.2) is 0 Å². The van der Waals surface area contributed by atoms with Gasteiger partial charge in [-0.3, -0.25) is 0 Å². The van der Waals surface area contributed by atoms with Crippen LogP contribution in [0.3, 0.4) is 0 Å². The van der Waals surface area contributed by atoms with Gasteiger partial charge in [0.05, 0.1) is 55.7 Å². The van der Waals surface area contributed by atoms with Crippen molar-refractivity contribution in [3.05, 3.63) is 150 Å². The molecular formula is C56H63B3BrKN2O8. The van der Waals surface area contributed by atoms with E-state index in [-0.39, 0.29) is 92.1 Å². The summed E-state index contributed by atoms with van der Waals surface area (Å²) in [7, 11) is -1.31. The van der Waals surface area contributed by atoms with Crippen molar-refractivity contribution >= 4 is 92.1 Å². The van der Waals surface area contributed by atoms with Gasteiger partial charge in [-0.05, 0) is 156 Å². The van der Waals surface area contributed by atoms with E-state index in [2.05, 4.69) is 186 Å². The summed E-state index contributed by atoms with van der Waals surface area (Å²) in [6.45, 7) is 25.5. The number of carboxylic acid groups (broad SMARTS) is 1. The SMILES string of the molecule is Brc1ccc2c(c1)c1ccccc1n2-c1ccccc1.CC(=O)[O-].CC1(C)OB(B2OC(C)(C)C(C)(C)O2)OC1(C)C.CC1(C)OB(c2ccc3c(c2)c2ccccc2n3-c2ccccc2)OC1(C)C.[K+]. The third kappa shape index (κ3) is 11.1. The van der Waals surface area contributed by atoms with E-state index in [0.717, 1.165) is 22.5 Å². The molecule has 15 heteroatoms. The van der Waals surface area contributed by atoms with Crippen molar-refractivity contribution in [1.82, 2.24) is 9.13 Å². The van der Waals surface area contributed by atoms with Crippen LogP contribution >= 0.6 is 15.9 Å². The second kappa shape index (κ2) is 21.0. The van der Waals surface area contributed by atoms with Gasteiger partial charge in [-0.25, -0.2) is 0 Å². The first-order valence-electron chi connectivity index (χ1n) is 23.9. The molecule has 0 spiro atoms. The van der Waals surface area contributed by atoms with Gasteiger partial charge in [-0.15, -0.1) is 0 Å². The van der Waals surface area contributed by atoms with Crippen molar-refractivity contribution in [3.8, 4) is 11.4 Å². The Balaban J connectivity index is 0.000000154. The Bertz CT molecular complexity index is 3090. The second-order valence-corrected chi connectivity index (χ2v) is 22.1. The molecule has 71 heavy (non-hydrogen) atoms. The number of carbonyl (C=O) groups is 1. The minimum atomic E-state index is -1.08. The number of halogens is 1. The van der Waals surface area contributed by atoms with Crippen molar-refractivity contribution in [1.29, 1.82) is 0 Å². The number of nitrogens with zero attached hydrogens (tertiary/aromatic N) is 2. The zero-order valence-electron chi connectivity index (χ0n) is 43.6. The van der Waals surface area contributed by atoms with Crippen LogP contribution in [0.25, 0.3) is 55.0 Å². The molecule has 5 heterocycles. The minimum absolute atomic E-state index is 0. The number of para-hydroxylation sites is 4. The maximum Gasteiger partial charge on any atom is 1.00 e. The van der Waals surface area contributed by atoms with Gasteiger partial charge in [0.2, 0.25) is 0 Å². The van der Waals surface area contributed by atoms with Gasteiger partial charge in [0, 0.05) is 43.4 Å². The molecule has 0 radical (unpaired) electrons. The fourth-order valence-corrected chi connectivity index (χ4v) is 9.13. The summed E-state index contributed by atoms with van der Waals surface area (Å²) in [4.78, 5) is 8.89. The van der Waals surface area contributed by atoms with Crippen LogP contribution in [0.2, 0.25) is 0 Å². The summed E-state index contributed by atoms with van der Waals surface area (Å²) in [5.74, 6) is -1.08. The minimum Gasteiger partial charge on any atom is -0.550 e. The molecule has 0 amide bonds. The normalized spacial score (nSPS) is 18.8. The van der Waals surface area contributed by atoms with E-state index in [4.69, 9.17) is 37.8 Å². The molecule has 11 rings (SSSR count). The fraction of sp³-hybridized carbons (Fsp3) is 0.339. The van der Waals surface area contributed by atoms with Crippen LogP contribution in [0.1, 0.15) is 90.0 Å². The Morgan fingerprint density at radius 2 is 0.746 bits per heavy atom. The fourth-order valence-electron chi connectivity index (χ4n) is 8.77. The first-order chi connectivity index (χ1) is 32.8. The molecule has 10 nitrogen and oxygen atoms in total. The molecular weight excluding hydrogens is 980 g/mol. The van der Waals surface area contributed by atoms with E-state index in [0.29, 0.717) is 0 Å². The number of fused-ring (bicyclic) bond motifs is 6. The summed E-state index contributed by atoms with van der Waals surface area (Å²) in [6.07, 6.45) is 0. The number of hydrogen-bond donors (Lipinski definition) is 0. The van der Waals surface area contributed by atoms with E-state index in [1.54, 1.807) is 0 Å². The quantitative estimate of drug-likeness (QED) is 0.162. The number of rotatable bonds is 4. The van der Waals surface area contributed by atoms with E-state index in [1.807, 2.05) is 67.5 Å². The molecule has 0 bridgehead atoms. The van der Waals surface area contributed by atoms with Gasteiger partial charge in [0.1, 0.15) is 0 Å². The summed E-state index contributed by atoms with van der Waals surface area (Å²) < 4.78 is 42.1. The zero-order valence-corrected chi connectivity index (χ0v) is 48.3. The third-order valence-corrected chi connectivity index (χ3v) is 15.1. The molecule has 3 aliphatic rings. The maximum atomic E-state index is 8.89. The van der Waals surface area contributed by atoms with Crippen LogP contribution in [0, 0.1) is 0 Å². The topological polar surface area (TPSA) is 105 Å². The van der Waals surface area contributed by atoms with Crippen molar-refractivity contribution < 1.29 is 89.2 Å². The Labute approximate surface area is 471 Å². The zero-order chi connectivity index (χ0) is 50.6. The van der Waals surface area contributed by atoms with E-state index >= 15 is 0 Å². The molecule has 2 aromatic heterocycles. The molecule has 0 unspecified atom stereocenters. The van der Waals surface area contributed by atoms with Gasteiger partial charge >= 0.3 is 72.5 Å². The molecule has 0 atom stereocenters. The number of aromatic nitrogens is 2. The van der Waals surface area contributed by atoms with Crippen molar-refractivity contribution in [2.75, 3.05) is 0 Å². The average molecular weight is 1040 g/mol. The molecule has 0 N–H and O–H groups in total. The van der Waals surface area contributed by atoms with E-state index < -0.39 is 20.0 Å². The molecule has 3 fully saturated rings. The Kier molecular flexibility index (Phi) is 16.3. The Morgan fingerprint density at radius 1 is 0.437 bits per heavy atom. The Hall–Kier alpha value is -3.54. The first-order valence-corrected chi connectivity index (χ1v) is 24.7. The van der Waals surface area contributed by atoms with Crippen molar-refractivity contribution in [3.63, 3.8) is 0 Å². The smallest absolute Gasteiger partial charge is 0.550 e. The van der Waals surface area contributed by atoms with Crippen LogP contribution < -0.4 is 62.0 Å². The van der Waals surface area contributed by atoms with Gasteiger partial charge in [-0.1, -0.05) is 101 Å². The molecule has 362 valence electrons.